The topological polar surface area (TPSA) is 44.1 Å². The highest BCUT2D eigenvalue weighted by molar-refractivity contribution is 5.38. The molecule has 0 spiro atoms. The lowest BCUT2D eigenvalue weighted by Gasteiger charge is -2.07. The Bertz CT molecular complexity index is 260. The molecule has 4 heteroatoms. The SMILES string of the molecule is C#CC(OC=O)n1ccnc1. The smallest absolute Gasteiger partial charge is 0.295 e. The summed E-state index contributed by atoms with van der Waals surface area (Å²) < 4.78 is 6.05. The van der Waals surface area contributed by atoms with Gasteiger partial charge >= 0.3 is 0 Å². The molecule has 1 aromatic rings. The molecule has 0 saturated carbocycles. The Balaban J connectivity index is 2.73. The number of carbonyl (C=O) groups is 1. The van der Waals surface area contributed by atoms with Gasteiger partial charge in [0, 0.05) is 12.4 Å². The molecule has 0 N–H and O–H groups in total. The van der Waals surface area contributed by atoms with E-state index in [1.807, 2.05) is 0 Å². The summed E-state index contributed by atoms with van der Waals surface area (Å²) in [5.74, 6) is 2.27. The maximum absolute atomic E-state index is 9.92. The minimum absolute atomic E-state index is 0.310. The van der Waals surface area contributed by atoms with Gasteiger partial charge in [-0.3, -0.25) is 9.36 Å². The quantitative estimate of drug-likeness (QED) is 0.456. The average Bonchev–Trinajstić information content (AvgIpc) is 2.52. The highest BCUT2D eigenvalue weighted by atomic mass is 16.5. The molecular formula is C7H6N2O2. The molecule has 0 aromatic carbocycles. The Morgan fingerprint density at radius 3 is 3.09 bits per heavy atom. The van der Waals surface area contributed by atoms with Crippen molar-refractivity contribution in [3.05, 3.63) is 18.7 Å². The number of rotatable bonds is 3. The summed E-state index contributed by atoms with van der Waals surface area (Å²) in [6.45, 7) is 0.310. The van der Waals surface area contributed by atoms with E-state index in [9.17, 15) is 4.79 Å². The van der Waals surface area contributed by atoms with E-state index >= 15 is 0 Å². The molecule has 0 radical (unpaired) electrons. The van der Waals surface area contributed by atoms with Crippen LogP contribution in [0.25, 0.3) is 0 Å². The normalized spacial score (nSPS) is 11.5. The lowest BCUT2D eigenvalue weighted by Crippen LogP contribution is -2.07. The van der Waals surface area contributed by atoms with Gasteiger partial charge in [-0.2, -0.15) is 0 Å². The average molecular weight is 150 g/mol. The van der Waals surface area contributed by atoms with Crippen LogP contribution in [0.2, 0.25) is 0 Å². The molecule has 0 aliphatic rings. The van der Waals surface area contributed by atoms with Crippen molar-refractivity contribution >= 4 is 6.47 Å². The van der Waals surface area contributed by atoms with Gasteiger partial charge in [-0.1, -0.05) is 0 Å². The van der Waals surface area contributed by atoms with E-state index in [1.54, 1.807) is 12.4 Å². The Morgan fingerprint density at radius 2 is 2.64 bits per heavy atom. The van der Waals surface area contributed by atoms with Crippen molar-refractivity contribution in [1.29, 1.82) is 0 Å². The van der Waals surface area contributed by atoms with Crippen LogP contribution < -0.4 is 0 Å². The van der Waals surface area contributed by atoms with Gasteiger partial charge in [0.05, 0.1) is 6.33 Å². The van der Waals surface area contributed by atoms with Crippen LogP contribution >= 0.6 is 0 Å². The molecule has 1 unspecified atom stereocenters. The summed E-state index contributed by atoms with van der Waals surface area (Å²) in [6, 6.07) is 0. The monoisotopic (exact) mass is 150 g/mol. The van der Waals surface area contributed by atoms with Gasteiger partial charge in [0.2, 0.25) is 6.23 Å². The molecule has 0 aliphatic heterocycles. The second kappa shape index (κ2) is 3.42. The van der Waals surface area contributed by atoms with E-state index in [2.05, 4.69) is 15.6 Å². The highest BCUT2D eigenvalue weighted by Crippen LogP contribution is 2.03. The molecule has 0 fully saturated rings. The van der Waals surface area contributed by atoms with Crippen molar-refractivity contribution < 1.29 is 9.53 Å². The van der Waals surface area contributed by atoms with Crippen LogP contribution in [0.15, 0.2) is 18.7 Å². The van der Waals surface area contributed by atoms with E-state index in [1.165, 1.54) is 10.9 Å². The first-order chi connectivity index (χ1) is 5.38. The van der Waals surface area contributed by atoms with Gasteiger partial charge in [-0.05, 0) is 5.92 Å². The number of ether oxygens (including phenoxy) is 1. The zero-order valence-corrected chi connectivity index (χ0v) is 5.68. The second-order valence-corrected chi connectivity index (χ2v) is 1.76. The fourth-order valence-corrected chi connectivity index (χ4v) is 0.656. The van der Waals surface area contributed by atoms with E-state index in [0.29, 0.717) is 6.47 Å². The summed E-state index contributed by atoms with van der Waals surface area (Å²) in [7, 11) is 0. The molecule has 1 rings (SSSR count). The number of hydrogen-bond donors (Lipinski definition) is 0. The maximum atomic E-state index is 9.92. The predicted molar refractivity (Wildman–Crippen MR) is 37.2 cm³/mol. The van der Waals surface area contributed by atoms with Crippen LogP contribution in [0.1, 0.15) is 6.23 Å². The Morgan fingerprint density at radius 1 is 1.82 bits per heavy atom. The fourth-order valence-electron chi connectivity index (χ4n) is 0.656. The predicted octanol–water partition coefficient (Wildman–Crippen LogP) is 0.188. The summed E-state index contributed by atoms with van der Waals surface area (Å²) in [4.78, 5) is 13.7. The number of carbonyl (C=O) groups excluding carboxylic acids is 1. The Labute approximate surface area is 63.8 Å². The molecule has 0 amide bonds. The van der Waals surface area contributed by atoms with Crippen molar-refractivity contribution in [2.45, 2.75) is 6.23 Å². The summed E-state index contributed by atoms with van der Waals surface area (Å²) >= 11 is 0. The molecule has 1 heterocycles. The van der Waals surface area contributed by atoms with Crippen LogP contribution in [0.4, 0.5) is 0 Å². The summed E-state index contributed by atoms with van der Waals surface area (Å²) in [5.41, 5.74) is 0. The van der Waals surface area contributed by atoms with E-state index in [4.69, 9.17) is 6.42 Å². The highest BCUT2D eigenvalue weighted by Gasteiger charge is 2.04. The third kappa shape index (κ3) is 1.58. The molecule has 0 saturated heterocycles. The fraction of sp³-hybridized carbons (Fsp3) is 0.143. The van der Waals surface area contributed by atoms with Crippen LogP contribution in [0, 0.1) is 12.3 Å². The zero-order chi connectivity index (χ0) is 8.10. The number of nitrogens with zero attached hydrogens (tertiary/aromatic N) is 2. The summed E-state index contributed by atoms with van der Waals surface area (Å²) in [5, 5.41) is 0. The van der Waals surface area contributed by atoms with Gasteiger partial charge < -0.3 is 4.74 Å². The lowest BCUT2D eigenvalue weighted by atomic mass is 10.6. The minimum Gasteiger partial charge on any atom is -0.432 e. The molecule has 11 heavy (non-hydrogen) atoms. The Hall–Kier alpha value is -1.76. The van der Waals surface area contributed by atoms with Crippen LogP contribution in [-0.4, -0.2) is 16.0 Å². The molecule has 4 nitrogen and oxygen atoms in total. The number of hydrogen-bond acceptors (Lipinski definition) is 3. The van der Waals surface area contributed by atoms with Crippen molar-refractivity contribution in [3.8, 4) is 12.3 Å². The van der Waals surface area contributed by atoms with E-state index < -0.39 is 6.23 Å². The number of imidazole rings is 1. The van der Waals surface area contributed by atoms with Crippen LogP contribution in [0.5, 0.6) is 0 Å². The first kappa shape index (κ1) is 7.35. The standard InChI is InChI=1S/C7H6N2O2/c1-2-7(11-6-10)9-4-3-8-5-9/h1,3-7H. The van der Waals surface area contributed by atoms with Crippen LogP contribution in [-0.2, 0) is 9.53 Å². The molecular weight excluding hydrogens is 144 g/mol. The first-order valence-electron chi connectivity index (χ1n) is 2.91. The van der Waals surface area contributed by atoms with Crippen molar-refractivity contribution in [3.63, 3.8) is 0 Å². The van der Waals surface area contributed by atoms with Gasteiger partial charge in [0.25, 0.3) is 6.47 Å². The van der Waals surface area contributed by atoms with E-state index in [0.717, 1.165) is 0 Å². The van der Waals surface area contributed by atoms with Crippen molar-refractivity contribution in [2.75, 3.05) is 0 Å². The van der Waals surface area contributed by atoms with Gasteiger partial charge in [-0.15, -0.1) is 6.42 Å². The van der Waals surface area contributed by atoms with Crippen molar-refractivity contribution in [2.24, 2.45) is 0 Å². The van der Waals surface area contributed by atoms with E-state index in [-0.39, 0.29) is 0 Å². The molecule has 0 aliphatic carbocycles. The third-order valence-electron chi connectivity index (χ3n) is 1.12. The maximum Gasteiger partial charge on any atom is 0.295 e. The van der Waals surface area contributed by atoms with Gasteiger partial charge in [0.15, 0.2) is 0 Å². The first-order valence-corrected chi connectivity index (χ1v) is 2.91. The Kier molecular flexibility index (Phi) is 2.28. The molecule has 1 atom stereocenters. The molecule has 0 bridgehead atoms. The largest absolute Gasteiger partial charge is 0.432 e. The third-order valence-corrected chi connectivity index (χ3v) is 1.12. The lowest BCUT2D eigenvalue weighted by molar-refractivity contribution is -0.134. The zero-order valence-electron chi connectivity index (χ0n) is 5.68. The van der Waals surface area contributed by atoms with Crippen molar-refractivity contribution in [1.82, 2.24) is 9.55 Å². The minimum atomic E-state index is -0.685. The summed E-state index contributed by atoms with van der Waals surface area (Å²) in [6.07, 6.45) is 9.04. The molecule has 1 aromatic heterocycles. The molecule has 56 valence electrons. The number of aromatic nitrogens is 2. The number of terminal acetylenes is 1. The van der Waals surface area contributed by atoms with Gasteiger partial charge in [0.1, 0.15) is 0 Å². The van der Waals surface area contributed by atoms with Crippen LogP contribution in [0.3, 0.4) is 0 Å². The second-order valence-electron chi connectivity index (χ2n) is 1.76. The van der Waals surface area contributed by atoms with Gasteiger partial charge in [-0.25, -0.2) is 4.98 Å².